The Kier molecular flexibility index (Phi) is 5.41. The van der Waals surface area contributed by atoms with Crippen molar-refractivity contribution in [2.45, 2.75) is 13.0 Å². The van der Waals surface area contributed by atoms with Gasteiger partial charge in [-0.3, -0.25) is 9.59 Å². The van der Waals surface area contributed by atoms with E-state index in [0.717, 1.165) is 0 Å². The third kappa shape index (κ3) is 3.99. The van der Waals surface area contributed by atoms with Gasteiger partial charge in [0.15, 0.2) is 0 Å². The number of benzene rings is 1. The highest BCUT2D eigenvalue weighted by Gasteiger charge is 2.17. The normalized spacial score (nSPS) is 11.6. The van der Waals surface area contributed by atoms with E-state index in [1.54, 1.807) is 42.6 Å². The van der Waals surface area contributed by atoms with Gasteiger partial charge in [0.1, 0.15) is 11.8 Å². The molecule has 0 saturated heterocycles. The van der Waals surface area contributed by atoms with Gasteiger partial charge in [-0.25, -0.2) is 0 Å². The SMILES string of the molecule is COc1ccc(NC(=O)[C@H](C)NC(=O)c2cccs2)cc1Cl. The van der Waals surface area contributed by atoms with Gasteiger partial charge in [0, 0.05) is 5.69 Å². The molecule has 2 aromatic rings. The summed E-state index contributed by atoms with van der Waals surface area (Å²) >= 11 is 7.32. The van der Waals surface area contributed by atoms with E-state index in [1.165, 1.54) is 18.4 Å². The first-order valence-electron chi connectivity index (χ1n) is 6.50. The zero-order chi connectivity index (χ0) is 16.1. The van der Waals surface area contributed by atoms with Crippen LogP contribution < -0.4 is 15.4 Å². The molecule has 0 fully saturated rings. The Morgan fingerprint density at radius 2 is 2.09 bits per heavy atom. The molecule has 1 atom stereocenters. The minimum atomic E-state index is -0.671. The first kappa shape index (κ1) is 16.3. The topological polar surface area (TPSA) is 67.4 Å². The predicted molar refractivity (Wildman–Crippen MR) is 87.9 cm³/mol. The average Bonchev–Trinajstić information content (AvgIpc) is 3.01. The molecule has 1 aromatic carbocycles. The van der Waals surface area contributed by atoms with Crippen LogP contribution in [0.15, 0.2) is 35.7 Å². The zero-order valence-electron chi connectivity index (χ0n) is 12.1. The third-order valence-electron chi connectivity index (χ3n) is 2.91. The van der Waals surface area contributed by atoms with Gasteiger partial charge in [0.05, 0.1) is 17.0 Å². The fourth-order valence-corrected chi connectivity index (χ4v) is 2.62. The number of carbonyl (C=O) groups excluding carboxylic acids is 2. The molecule has 1 heterocycles. The van der Waals surface area contributed by atoms with Crippen molar-refractivity contribution in [2.24, 2.45) is 0 Å². The summed E-state index contributed by atoms with van der Waals surface area (Å²) in [7, 11) is 1.52. The summed E-state index contributed by atoms with van der Waals surface area (Å²) in [5, 5.41) is 7.54. The second kappa shape index (κ2) is 7.29. The molecule has 2 amide bonds. The quantitative estimate of drug-likeness (QED) is 0.880. The van der Waals surface area contributed by atoms with E-state index >= 15 is 0 Å². The zero-order valence-corrected chi connectivity index (χ0v) is 13.6. The first-order chi connectivity index (χ1) is 10.5. The Balaban J connectivity index is 1.96. The maximum absolute atomic E-state index is 12.1. The van der Waals surface area contributed by atoms with Gasteiger partial charge in [-0.15, -0.1) is 11.3 Å². The number of hydrogen-bond donors (Lipinski definition) is 2. The number of carbonyl (C=O) groups is 2. The molecule has 0 saturated carbocycles. The van der Waals surface area contributed by atoms with Crippen LogP contribution in [0.3, 0.4) is 0 Å². The standard InChI is InChI=1S/C15H15ClN2O3S/c1-9(17-15(20)13-4-3-7-22-13)14(19)18-10-5-6-12(21-2)11(16)8-10/h3-9H,1-2H3,(H,17,20)(H,18,19)/t9-/m0/s1. The Hall–Kier alpha value is -2.05. The van der Waals surface area contributed by atoms with Crippen LogP contribution >= 0.6 is 22.9 Å². The number of anilines is 1. The first-order valence-corrected chi connectivity index (χ1v) is 7.76. The van der Waals surface area contributed by atoms with E-state index < -0.39 is 6.04 Å². The molecule has 1 aromatic heterocycles. The van der Waals surface area contributed by atoms with Gasteiger partial charge in [-0.1, -0.05) is 17.7 Å². The van der Waals surface area contributed by atoms with E-state index in [-0.39, 0.29) is 11.8 Å². The number of ether oxygens (including phenoxy) is 1. The molecule has 0 spiro atoms. The molecular formula is C15H15ClN2O3S. The van der Waals surface area contributed by atoms with Gasteiger partial charge in [-0.2, -0.15) is 0 Å². The minimum absolute atomic E-state index is 0.273. The maximum atomic E-state index is 12.1. The van der Waals surface area contributed by atoms with Gasteiger partial charge < -0.3 is 15.4 Å². The number of thiophene rings is 1. The van der Waals surface area contributed by atoms with Gasteiger partial charge >= 0.3 is 0 Å². The lowest BCUT2D eigenvalue weighted by Gasteiger charge is -2.14. The second-order valence-corrected chi connectivity index (χ2v) is 5.87. The minimum Gasteiger partial charge on any atom is -0.495 e. The molecule has 22 heavy (non-hydrogen) atoms. The lowest BCUT2D eigenvalue weighted by atomic mass is 10.2. The van der Waals surface area contributed by atoms with E-state index in [2.05, 4.69) is 10.6 Å². The Morgan fingerprint density at radius 1 is 1.32 bits per heavy atom. The Bertz CT molecular complexity index is 673. The highest BCUT2D eigenvalue weighted by molar-refractivity contribution is 7.12. The van der Waals surface area contributed by atoms with Crippen LogP contribution in [0.2, 0.25) is 5.02 Å². The van der Waals surface area contributed by atoms with Crippen molar-refractivity contribution in [3.63, 3.8) is 0 Å². The maximum Gasteiger partial charge on any atom is 0.261 e. The summed E-state index contributed by atoms with van der Waals surface area (Å²) in [5.41, 5.74) is 0.535. The van der Waals surface area contributed by atoms with Crippen LogP contribution in [0.25, 0.3) is 0 Å². The largest absolute Gasteiger partial charge is 0.495 e. The summed E-state index contributed by atoms with van der Waals surface area (Å²) in [6.45, 7) is 1.62. The third-order valence-corrected chi connectivity index (χ3v) is 4.07. The number of rotatable bonds is 5. The van der Waals surface area contributed by atoms with E-state index in [4.69, 9.17) is 16.3 Å². The lowest BCUT2D eigenvalue weighted by Crippen LogP contribution is -2.41. The van der Waals surface area contributed by atoms with Crippen LogP contribution in [0.5, 0.6) is 5.75 Å². The van der Waals surface area contributed by atoms with Crippen LogP contribution in [0.1, 0.15) is 16.6 Å². The molecule has 0 aliphatic heterocycles. The van der Waals surface area contributed by atoms with Crippen LogP contribution in [0, 0.1) is 0 Å². The van der Waals surface area contributed by atoms with Crippen molar-refractivity contribution >= 4 is 40.4 Å². The molecule has 0 bridgehead atoms. The fourth-order valence-electron chi connectivity index (χ4n) is 1.74. The molecule has 0 unspecified atom stereocenters. The van der Waals surface area contributed by atoms with E-state index in [0.29, 0.717) is 21.3 Å². The van der Waals surface area contributed by atoms with E-state index in [1.807, 2.05) is 0 Å². The van der Waals surface area contributed by atoms with Crippen LogP contribution in [-0.2, 0) is 4.79 Å². The fraction of sp³-hybridized carbons (Fsp3) is 0.200. The number of nitrogens with one attached hydrogen (secondary N) is 2. The predicted octanol–water partition coefficient (Wildman–Crippen LogP) is 3.17. The number of methoxy groups -OCH3 is 1. The summed E-state index contributed by atoms with van der Waals surface area (Å²) < 4.78 is 5.05. The highest BCUT2D eigenvalue weighted by Crippen LogP contribution is 2.27. The summed E-state index contributed by atoms with van der Waals surface area (Å²) in [6.07, 6.45) is 0. The lowest BCUT2D eigenvalue weighted by molar-refractivity contribution is -0.117. The van der Waals surface area contributed by atoms with Crippen LogP contribution in [0.4, 0.5) is 5.69 Å². The van der Waals surface area contributed by atoms with Crippen molar-refractivity contribution < 1.29 is 14.3 Å². The Labute approximate surface area is 137 Å². The molecule has 2 N–H and O–H groups in total. The molecule has 0 radical (unpaired) electrons. The number of amides is 2. The summed E-state index contributed by atoms with van der Waals surface area (Å²) in [4.78, 5) is 24.5. The summed E-state index contributed by atoms with van der Waals surface area (Å²) in [5.74, 6) is -0.0738. The second-order valence-electron chi connectivity index (χ2n) is 4.51. The molecule has 0 aliphatic carbocycles. The monoisotopic (exact) mass is 338 g/mol. The van der Waals surface area contributed by atoms with E-state index in [9.17, 15) is 9.59 Å². The van der Waals surface area contributed by atoms with Crippen molar-refractivity contribution in [3.8, 4) is 5.75 Å². The molecular weight excluding hydrogens is 324 g/mol. The molecule has 7 heteroatoms. The van der Waals surface area contributed by atoms with Crippen LogP contribution in [-0.4, -0.2) is 25.0 Å². The highest BCUT2D eigenvalue weighted by atomic mass is 35.5. The Morgan fingerprint density at radius 3 is 2.68 bits per heavy atom. The van der Waals surface area contributed by atoms with Crippen molar-refractivity contribution in [3.05, 3.63) is 45.6 Å². The van der Waals surface area contributed by atoms with Crippen molar-refractivity contribution in [2.75, 3.05) is 12.4 Å². The van der Waals surface area contributed by atoms with Gasteiger partial charge in [0.25, 0.3) is 5.91 Å². The average molecular weight is 339 g/mol. The van der Waals surface area contributed by atoms with Gasteiger partial charge in [0.2, 0.25) is 5.91 Å². The smallest absolute Gasteiger partial charge is 0.261 e. The number of halogens is 1. The molecule has 116 valence electrons. The molecule has 2 rings (SSSR count). The molecule has 5 nitrogen and oxygen atoms in total. The van der Waals surface area contributed by atoms with Gasteiger partial charge in [-0.05, 0) is 36.6 Å². The van der Waals surface area contributed by atoms with Crippen molar-refractivity contribution in [1.29, 1.82) is 0 Å². The van der Waals surface area contributed by atoms with Crippen molar-refractivity contribution in [1.82, 2.24) is 5.32 Å². The number of hydrogen-bond acceptors (Lipinski definition) is 4. The summed E-state index contributed by atoms with van der Waals surface area (Å²) in [6, 6.07) is 7.74. The molecule has 0 aliphatic rings.